The Labute approximate surface area is 163 Å². The lowest BCUT2D eigenvalue weighted by Gasteiger charge is -2.23. The monoisotopic (exact) mass is 406 g/mol. The van der Waals surface area contributed by atoms with Gasteiger partial charge in [-0.15, -0.1) is 0 Å². The van der Waals surface area contributed by atoms with Crippen molar-refractivity contribution in [2.75, 3.05) is 30.5 Å². The highest BCUT2D eigenvalue weighted by Crippen LogP contribution is 2.19. The number of nitrogens with one attached hydrogen (secondary N) is 1. The Morgan fingerprint density at radius 1 is 1.25 bits per heavy atom. The number of furan rings is 1. The largest absolute Gasteiger partial charge is 0.467 e. The Balaban J connectivity index is 1.56. The van der Waals surface area contributed by atoms with Crippen molar-refractivity contribution >= 4 is 27.4 Å². The summed E-state index contributed by atoms with van der Waals surface area (Å²) in [5.41, 5.74) is 0.861. The van der Waals surface area contributed by atoms with Crippen LogP contribution in [-0.4, -0.2) is 56.4 Å². The number of anilines is 1. The average molecular weight is 406 g/mol. The minimum Gasteiger partial charge on any atom is -0.467 e. The average Bonchev–Trinajstić information content (AvgIpc) is 3.33. The minimum absolute atomic E-state index is 0.0529. The molecule has 1 aliphatic rings. The van der Waals surface area contributed by atoms with Crippen molar-refractivity contribution < 1.29 is 27.2 Å². The third kappa shape index (κ3) is 4.92. The third-order valence-corrected chi connectivity index (χ3v) is 6.41. The molecule has 1 N–H and O–H groups in total. The first kappa shape index (κ1) is 19.9. The summed E-state index contributed by atoms with van der Waals surface area (Å²) < 4.78 is 33.5. The fraction of sp³-hybridized carbons (Fsp3) is 0.368. The molecule has 9 heteroatoms. The molecule has 1 aliphatic heterocycles. The number of rotatable bonds is 7. The van der Waals surface area contributed by atoms with E-state index in [4.69, 9.17) is 9.15 Å². The highest BCUT2D eigenvalue weighted by molar-refractivity contribution is 7.91. The lowest BCUT2D eigenvalue weighted by Crippen LogP contribution is -2.40. The van der Waals surface area contributed by atoms with Crippen LogP contribution in [0.15, 0.2) is 47.1 Å². The van der Waals surface area contributed by atoms with Gasteiger partial charge in [-0.3, -0.25) is 4.79 Å². The van der Waals surface area contributed by atoms with Crippen molar-refractivity contribution in [3.8, 4) is 0 Å². The van der Waals surface area contributed by atoms with E-state index in [0.29, 0.717) is 30.0 Å². The van der Waals surface area contributed by atoms with Crippen molar-refractivity contribution in [2.24, 2.45) is 0 Å². The van der Waals surface area contributed by atoms with Gasteiger partial charge in [-0.2, -0.15) is 0 Å². The predicted molar refractivity (Wildman–Crippen MR) is 103 cm³/mol. The maximum Gasteiger partial charge on any atom is 0.340 e. The first-order chi connectivity index (χ1) is 13.4. The summed E-state index contributed by atoms with van der Waals surface area (Å²) in [6, 6.07) is 10.0. The predicted octanol–water partition coefficient (Wildman–Crippen LogP) is 1.69. The SMILES string of the molecule is CN(C(=O)COC(=O)c1ccccc1NCc1ccco1)[C@H]1CCS(=O)(=O)C1. The smallest absolute Gasteiger partial charge is 0.340 e. The van der Waals surface area contributed by atoms with Crippen LogP contribution in [0, 0.1) is 0 Å². The molecule has 28 heavy (non-hydrogen) atoms. The molecule has 0 radical (unpaired) electrons. The number of amides is 1. The van der Waals surface area contributed by atoms with E-state index in [2.05, 4.69) is 5.32 Å². The number of hydrogen-bond acceptors (Lipinski definition) is 7. The van der Waals surface area contributed by atoms with Crippen LogP contribution in [0.5, 0.6) is 0 Å². The summed E-state index contributed by atoms with van der Waals surface area (Å²) in [5, 5.41) is 3.10. The number of benzene rings is 1. The lowest BCUT2D eigenvalue weighted by atomic mass is 10.2. The van der Waals surface area contributed by atoms with Crippen LogP contribution in [0.1, 0.15) is 22.5 Å². The first-order valence-corrected chi connectivity index (χ1v) is 10.7. The van der Waals surface area contributed by atoms with Crippen molar-refractivity contribution in [3.63, 3.8) is 0 Å². The third-order valence-electron chi connectivity index (χ3n) is 4.66. The van der Waals surface area contributed by atoms with E-state index in [1.54, 1.807) is 36.6 Å². The maximum atomic E-state index is 12.4. The molecule has 150 valence electrons. The van der Waals surface area contributed by atoms with Gasteiger partial charge < -0.3 is 19.4 Å². The van der Waals surface area contributed by atoms with Crippen molar-refractivity contribution in [1.82, 2.24) is 4.90 Å². The molecule has 0 unspecified atom stereocenters. The molecule has 0 aliphatic carbocycles. The normalized spacial score (nSPS) is 17.8. The topological polar surface area (TPSA) is 106 Å². The molecule has 1 aromatic heterocycles. The van der Waals surface area contributed by atoms with Crippen LogP contribution in [0.2, 0.25) is 0 Å². The summed E-state index contributed by atoms with van der Waals surface area (Å²) in [7, 11) is -1.57. The van der Waals surface area contributed by atoms with E-state index in [9.17, 15) is 18.0 Å². The number of carbonyl (C=O) groups excluding carboxylic acids is 2. The molecule has 1 aromatic carbocycles. The molecular formula is C19H22N2O6S. The number of ether oxygens (including phenoxy) is 1. The summed E-state index contributed by atoms with van der Waals surface area (Å²) in [4.78, 5) is 26.0. The summed E-state index contributed by atoms with van der Waals surface area (Å²) >= 11 is 0. The maximum absolute atomic E-state index is 12.4. The van der Waals surface area contributed by atoms with Crippen LogP contribution in [0.4, 0.5) is 5.69 Å². The molecule has 0 spiro atoms. The van der Waals surface area contributed by atoms with Crippen molar-refractivity contribution in [3.05, 3.63) is 54.0 Å². The number of carbonyl (C=O) groups is 2. The van der Waals surface area contributed by atoms with Crippen LogP contribution >= 0.6 is 0 Å². The van der Waals surface area contributed by atoms with Crippen LogP contribution in [-0.2, 0) is 25.9 Å². The van der Waals surface area contributed by atoms with Gasteiger partial charge in [0.1, 0.15) is 5.76 Å². The molecule has 1 atom stereocenters. The van der Waals surface area contributed by atoms with Gasteiger partial charge in [0.15, 0.2) is 16.4 Å². The summed E-state index contributed by atoms with van der Waals surface area (Å²) in [6.45, 7) is -0.0481. The van der Waals surface area contributed by atoms with E-state index in [1.165, 1.54) is 11.9 Å². The second-order valence-electron chi connectivity index (χ2n) is 6.62. The van der Waals surface area contributed by atoms with Gasteiger partial charge in [0.05, 0.1) is 29.9 Å². The zero-order valence-corrected chi connectivity index (χ0v) is 16.3. The molecule has 8 nitrogen and oxygen atoms in total. The number of para-hydroxylation sites is 1. The van der Waals surface area contributed by atoms with E-state index in [0.717, 1.165) is 0 Å². The van der Waals surface area contributed by atoms with Crippen molar-refractivity contribution in [1.29, 1.82) is 0 Å². The highest BCUT2D eigenvalue weighted by atomic mass is 32.2. The first-order valence-electron chi connectivity index (χ1n) is 8.84. The highest BCUT2D eigenvalue weighted by Gasteiger charge is 2.33. The van der Waals surface area contributed by atoms with Crippen LogP contribution < -0.4 is 5.32 Å². The lowest BCUT2D eigenvalue weighted by molar-refractivity contribution is -0.134. The molecule has 1 saturated heterocycles. The van der Waals surface area contributed by atoms with Gasteiger partial charge in [0.25, 0.3) is 5.91 Å². The number of nitrogens with zero attached hydrogens (tertiary/aromatic N) is 1. The second kappa shape index (κ2) is 8.47. The molecule has 2 heterocycles. The Bertz CT molecular complexity index is 939. The van der Waals surface area contributed by atoms with E-state index < -0.39 is 28.3 Å². The zero-order chi connectivity index (χ0) is 20.1. The summed E-state index contributed by atoms with van der Waals surface area (Å²) in [6.07, 6.45) is 1.97. The minimum atomic E-state index is -3.10. The standard InChI is InChI=1S/C19H22N2O6S/c1-21(14-8-10-28(24,25)13-14)18(22)12-27-19(23)16-6-2-3-7-17(16)20-11-15-5-4-9-26-15/h2-7,9,14,20H,8,10-13H2,1H3/t14-/m0/s1. The molecule has 3 rings (SSSR count). The Hall–Kier alpha value is -2.81. The molecule has 2 aromatic rings. The quantitative estimate of drug-likeness (QED) is 0.698. The van der Waals surface area contributed by atoms with Gasteiger partial charge in [0, 0.05) is 18.8 Å². The number of esters is 1. The fourth-order valence-electron chi connectivity index (χ4n) is 3.00. The molecule has 1 amide bonds. The zero-order valence-electron chi connectivity index (χ0n) is 15.5. The van der Waals surface area contributed by atoms with Crippen molar-refractivity contribution in [2.45, 2.75) is 19.0 Å². The molecular weight excluding hydrogens is 384 g/mol. The fourth-order valence-corrected chi connectivity index (χ4v) is 4.78. The van der Waals surface area contributed by atoms with Gasteiger partial charge >= 0.3 is 5.97 Å². The van der Waals surface area contributed by atoms with E-state index in [-0.39, 0.29) is 17.5 Å². The number of sulfone groups is 1. The number of hydrogen-bond donors (Lipinski definition) is 1. The number of likely N-dealkylation sites (N-methyl/N-ethyl adjacent to an activating group) is 1. The second-order valence-corrected chi connectivity index (χ2v) is 8.84. The molecule has 1 fully saturated rings. The Morgan fingerprint density at radius 2 is 2.04 bits per heavy atom. The van der Waals surface area contributed by atoms with Gasteiger partial charge in [0.2, 0.25) is 0 Å². The molecule has 0 bridgehead atoms. The van der Waals surface area contributed by atoms with Crippen LogP contribution in [0.3, 0.4) is 0 Å². The summed E-state index contributed by atoms with van der Waals surface area (Å²) in [5.74, 6) is -0.335. The molecule has 0 saturated carbocycles. The van der Waals surface area contributed by atoms with Gasteiger partial charge in [-0.25, -0.2) is 13.2 Å². The Kier molecular flexibility index (Phi) is 6.03. The van der Waals surface area contributed by atoms with Crippen LogP contribution in [0.25, 0.3) is 0 Å². The van der Waals surface area contributed by atoms with E-state index in [1.807, 2.05) is 6.07 Å². The van der Waals surface area contributed by atoms with E-state index >= 15 is 0 Å². The van der Waals surface area contributed by atoms with Gasteiger partial charge in [-0.1, -0.05) is 12.1 Å². The van der Waals surface area contributed by atoms with Gasteiger partial charge in [-0.05, 0) is 30.7 Å². The Morgan fingerprint density at radius 3 is 2.71 bits per heavy atom.